The standard InChI is InChI=1S/C67H102O6/c1-4-7-10-13-16-19-22-25-28-31-33-36-39-42-45-48-51-54-57-60-66(69)72-63-64(62-71-65(68)59-56-53-50-47-44-41-38-35-30-27-24-21-18-15-12-9-6-3)73-67(70)61-58-55-52-49-46-43-40-37-34-32-29-26-23-20-17-14-11-8-5-2/h7,9-10,12-13,15-16,18-19,21-22,24-25,27-28,30-36,38-39,41-42,44-45,64H,4-6,8,11,14,17,20,23,26,29,37,40,43,46-63H2,1-3H3/b10-7-,12-9-,16-13-,18-15-,22-19-,24-21-,28-25-,30-27-,33-31+,34-32-,38-35+,39-36-,44-41-,45-42-. The first-order chi connectivity index (χ1) is 36.0. The van der Waals surface area contributed by atoms with Crippen molar-refractivity contribution in [3.63, 3.8) is 0 Å². The molecule has 0 amide bonds. The van der Waals surface area contributed by atoms with Crippen LogP contribution in [0, 0.1) is 0 Å². The van der Waals surface area contributed by atoms with Crippen molar-refractivity contribution < 1.29 is 28.6 Å². The van der Waals surface area contributed by atoms with Gasteiger partial charge in [0.15, 0.2) is 6.10 Å². The summed E-state index contributed by atoms with van der Waals surface area (Å²) in [5.74, 6) is -1.02. The van der Waals surface area contributed by atoms with Gasteiger partial charge in [-0.1, -0.05) is 281 Å². The number of esters is 3. The minimum Gasteiger partial charge on any atom is -0.462 e. The highest BCUT2D eigenvalue weighted by Crippen LogP contribution is 2.14. The Labute approximate surface area is 447 Å². The lowest BCUT2D eigenvalue weighted by atomic mass is 10.1. The third-order valence-electron chi connectivity index (χ3n) is 11.5. The zero-order valence-corrected chi connectivity index (χ0v) is 46.3. The molecule has 0 bridgehead atoms. The highest BCUT2D eigenvalue weighted by atomic mass is 16.6. The van der Waals surface area contributed by atoms with Crippen LogP contribution < -0.4 is 0 Å². The van der Waals surface area contributed by atoms with E-state index in [0.717, 1.165) is 70.6 Å². The summed E-state index contributed by atoms with van der Waals surface area (Å²) in [6, 6.07) is 0. The van der Waals surface area contributed by atoms with Gasteiger partial charge in [-0.2, -0.15) is 0 Å². The van der Waals surface area contributed by atoms with E-state index < -0.39 is 6.10 Å². The first kappa shape index (κ1) is 67.8. The molecule has 0 aliphatic carbocycles. The van der Waals surface area contributed by atoms with Gasteiger partial charge < -0.3 is 14.2 Å². The second-order valence-electron chi connectivity index (χ2n) is 18.4. The van der Waals surface area contributed by atoms with Gasteiger partial charge in [0.2, 0.25) is 0 Å². The van der Waals surface area contributed by atoms with Crippen molar-refractivity contribution in [3.05, 3.63) is 170 Å². The molecule has 0 saturated heterocycles. The number of allylic oxidation sites excluding steroid dienone is 28. The fraction of sp³-hybridized carbons (Fsp3) is 0.537. The summed E-state index contributed by atoms with van der Waals surface area (Å²) in [5.41, 5.74) is 0. The molecule has 0 heterocycles. The second kappa shape index (κ2) is 59.3. The fourth-order valence-electron chi connectivity index (χ4n) is 7.27. The topological polar surface area (TPSA) is 78.9 Å². The number of ether oxygens (including phenoxy) is 3. The van der Waals surface area contributed by atoms with E-state index >= 15 is 0 Å². The van der Waals surface area contributed by atoms with Crippen LogP contribution in [0.3, 0.4) is 0 Å². The molecule has 1 atom stereocenters. The van der Waals surface area contributed by atoms with Crippen molar-refractivity contribution in [1.82, 2.24) is 0 Å². The van der Waals surface area contributed by atoms with Crippen LogP contribution in [-0.4, -0.2) is 37.2 Å². The van der Waals surface area contributed by atoms with Gasteiger partial charge in [0, 0.05) is 19.3 Å². The predicted molar refractivity (Wildman–Crippen MR) is 315 cm³/mol. The normalized spacial score (nSPS) is 13.4. The first-order valence-electron chi connectivity index (χ1n) is 28.8. The van der Waals surface area contributed by atoms with Gasteiger partial charge in [-0.05, 0) is 83.5 Å². The summed E-state index contributed by atoms with van der Waals surface area (Å²) >= 11 is 0. The molecule has 0 rings (SSSR count). The molecule has 0 aliphatic rings. The lowest BCUT2D eigenvalue weighted by Crippen LogP contribution is -2.30. The SMILES string of the molecule is CC\C=C/C=C\C=C/C=C\C=C\C=C/C=C\CCCCCC(=O)OCC(COC(=O)CCCCC\C=C/C=C/C=C\C=C/C=C\C=C/CC)OC(=O)CCCCCCCCC/C=C\CCCCCCCCCC. The van der Waals surface area contributed by atoms with Crippen molar-refractivity contribution in [2.45, 2.75) is 219 Å². The van der Waals surface area contributed by atoms with E-state index in [2.05, 4.69) is 57.2 Å². The van der Waals surface area contributed by atoms with E-state index in [9.17, 15) is 14.4 Å². The fourth-order valence-corrected chi connectivity index (χ4v) is 7.27. The molecule has 0 spiro atoms. The molecule has 0 N–H and O–H groups in total. The maximum absolute atomic E-state index is 12.9. The molecule has 0 fully saturated rings. The van der Waals surface area contributed by atoms with Gasteiger partial charge in [-0.3, -0.25) is 14.4 Å². The predicted octanol–water partition coefficient (Wildman–Crippen LogP) is 19.5. The third-order valence-corrected chi connectivity index (χ3v) is 11.5. The summed E-state index contributed by atoms with van der Waals surface area (Å²) < 4.78 is 16.8. The Kier molecular flexibility index (Phi) is 55.1. The van der Waals surface area contributed by atoms with Crippen molar-refractivity contribution in [1.29, 1.82) is 0 Å². The minimum absolute atomic E-state index is 0.127. The third kappa shape index (κ3) is 57.5. The van der Waals surface area contributed by atoms with Gasteiger partial charge in [-0.25, -0.2) is 0 Å². The molecule has 6 nitrogen and oxygen atoms in total. The molecule has 0 radical (unpaired) electrons. The summed E-state index contributed by atoms with van der Waals surface area (Å²) in [6.45, 7) is 6.25. The Balaban J connectivity index is 4.61. The van der Waals surface area contributed by atoms with Crippen LogP contribution in [0.5, 0.6) is 0 Å². The van der Waals surface area contributed by atoms with Crippen molar-refractivity contribution in [2.24, 2.45) is 0 Å². The number of hydrogen-bond acceptors (Lipinski definition) is 6. The Morgan fingerprint density at radius 1 is 0.288 bits per heavy atom. The van der Waals surface area contributed by atoms with E-state index in [1.54, 1.807) is 0 Å². The Morgan fingerprint density at radius 2 is 0.548 bits per heavy atom. The van der Waals surface area contributed by atoms with Gasteiger partial charge in [0.1, 0.15) is 13.2 Å². The van der Waals surface area contributed by atoms with Crippen LogP contribution in [-0.2, 0) is 28.6 Å². The summed E-state index contributed by atoms with van der Waals surface area (Å²) in [6.07, 6.45) is 87.6. The van der Waals surface area contributed by atoms with E-state index in [1.165, 1.54) is 89.9 Å². The highest BCUT2D eigenvalue weighted by Gasteiger charge is 2.19. The van der Waals surface area contributed by atoms with Crippen LogP contribution in [0.25, 0.3) is 0 Å². The average Bonchev–Trinajstić information content (AvgIpc) is 3.39. The quantitative estimate of drug-likeness (QED) is 0.0199. The van der Waals surface area contributed by atoms with Crippen LogP contribution >= 0.6 is 0 Å². The highest BCUT2D eigenvalue weighted by molar-refractivity contribution is 5.71. The average molecular weight is 1000 g/mol. The van der Waals surface area contributed by atoms with Crippen LogP contribution in [0.15, 0.2) is 170 Å². The largest absolute Gasteiger partial charge is 0.462 e. The maximum atomic E-state index is 12.9. The lowest BCUT2D eigenvalue weighted by molar-refractivity contribution is -0.167. The first-order valence-corrected chi connectivity index (χ1v) is 28.8. The van der Waals surface area contributed by atoms with Crippen LogP contribution in [0.4, 0.5) is 0 Å². The molecular formula is C67H102O6. The number of unbranched alkanes of at least 4 members (excludes halogenated alkanes) is 21. The summed E-state index contributed by atoms with van der Waals surface area (Å²) in [4.78, 5) is 38.2. The van der Waals surface area contributed by atoms with E-state index in [1.807, 2.05) is 134 Å². The van der Waals surface area contributed by atoms with E-state index in [-0.39, 0.29) is 44.0 Å². The number of hydrogen-bond donors (Lipinski definition) is 0. The molecule has 0 aliphatic heterocycles. The van der Waals surface area contributed by atoms with Crippen molar-refractivity contribution >= 4 is 17.9 Å². The zero-order chi connectivity index (χ0) is 52.9. The van der Waals surface area contributed by atoms with Gasteiger partial charge >= 0.3 is 17.9 Å². The van der Waals surface area contributed by atoms with E-state index in [0.29, 0.717) is 19.3 Å². The second-order valence-corrected chi connectivity index (χ2v) is 18.4. The molecular weight excluding hydrogens is 901 g/mol. The van der Waals surface area contributed by atoms with Gasteiger partial charge in [0.05, 0.1) is 0 Å². The van der Waals surface area contributed by atoms with Gasteiger partial charge in [0.25, 0.3) is 0 Å². The molecule has 0 aromatic heterocycles. The number of rotatable bonds is 49. The Hall–Kier alpha value is -5.23. The molecule has 1 unspecified atom stereocenters. The number of carbonyl (C=O) groups excluding carboxylic acids is 3. The maximum Gasteiger partial charge on any atom is 0.306 e. The number of carbonyl (C=O) groups is 3. The summed E-state index contributed by atoms with van der Waals surface area (Å²) in [5, 5.41) is 0. The van der Waals surface area contributed by atoms with Crippen molar-refractivity contribution in [3.8, 4) is 0 Å². The molecule has 73 heavy (non-hydrogen) atoms. The molecule has 0 aromatic rings. The zero-order valence-electron chi connectivity index (χ0n) is 46.3. The monoisotopic (exact) mass is 1000 g/mol. The Bertz CT molecular complexity index is 1720. The molecule has 0 saturated carbocycles. The van der Waals surface area contributed by atoms with Crippen LogP contribution in [0.2, 0.25) is 0 Å². The summed E-state index contributed by atoms with van der Waals surface area (Å²) in [7, 11) is 0. The van der Waals surface area contributed by atoms with Crippen molar-refractivity contribution in [2.75, 3.05) is 13.2 Å². The van der Waals surface area contributed by atoms with Gasteiger partial charge in [-0.15, -0.1) is 0 Å². The lowest BCUT2D eigenvalue weighted by Gasteiger charge is -2.18. The molecule has 0 aromatic carbocycles. The molecule has 406 valence electrons. The minimum atomic E-state index is -0.829. The van der Waals surface area contributed by atoms with E-state index in [4.69, 9.17) is 14.2 Å². The van der Waals surface area contributed by atoms with Crippen LogP contribution in [0.1, 0.15) is 213 Å². The Morgan fingerprint density at radius 3 is 0.890 bits per heavy atom. The molecule has 6 heteroatoms. The smallest absolute Gasteiger partial charge is 0.306 e.